The molecule has 4 rings (SSSR count). The number of fused-ring (bicyclic) bond motifs is 2. The third-order valence-electron chi connectivity index (χ3n) is 5.32. The fourth-order valence-corrected chi connectivity index (χ4v) is 3.91. The van der Waals surface area contributed by atoms with Crippen LogP contribution in [0.25, 0.3) is 21.8 Å². The molecule has 0 saturated carbocycles. The lowest BCUT2D eigenvalue weighted by Gasteiger charge is -2.13. The molecule has 2 aromatic heterocycles. The molecule has 0 aliphatic carbocycles. The predicted molar refractivity (Wildman–Crippen MR) is 125 cm³/mol. The molecular formula is C23H21BrN4O3. The minimum Gasteiger partial charge on any atom is -0.480 e. The van der Waals surface area contributed by atoms with Gasteiger partial charge in [0.05, 0.1) is 17.1 Å². The standard InChI is InChI=1S/C23H21BrN4O3/c1-3-14(2)22-26-19-9-8-16(24)10-18(19)23(31)28(22)25-11-15-12-27(13-21(29)30)20-7-5-4-6-17(15)20/h4-12,14H,3,13H2,1-2H3,(H,29,30)/t14-/m1/s1. The van der Waals surface area contributed by atoms with E-state index in [1.807, 2.05) is 50.2 Å². The van der Waals surface area contributed by atoms with Crippen LogP contribution in [0.4, 0.5) is 0 Å². The van der Waals surface area contributed by atoms with Crippen molar-refractivity contribution in [3.63, 3.8) is 0 Å². The van der Waals surface area contributed by atoms with Crippen molar-refractivity contribution >= 4 is 49.9 Å². The summed E-state index contributed by atoms with van der Waals surface area (Å²) >= 11 is 3.41. The van der Waals surface area contributed by atoms with Crippen LogP contribution in [0.15, 0.2) is 63.0 Å². The van der Waals surface area contributed by atoms with Crippen molar-refractivity contribution < 1.29 is 9.90 Å². The van der Waals surface area contributed by atoms with Gasteiger partial charge >= 0.3 is 5.97 Å². The summed E-state index contributed by atoms with van der Waals surface area (Å²) in [4.78, 5) is 29.2. The van der Waals surface area contributed by atoms with Crippen molar-refractivity contribution in [3.05, 3.63) is 74.9 Å². The first-order chi connectivity index (χ1) is 14.9. The van der Waals surface area contributed by atoms with Crippen LogP contribution in [0.1, 0.15) is 37.6 Å². The summed E-state index contributed by atoms with van der Waals surface area (Å²) in [6.45, 7) is 3.89. The summed E-state index contributed by atoms with van der Waals surface area (Å²) in [5.41, 5.74) is 1.91. The van der Waals surface area contributed by atoms with Gasteiger partial charge in [-0.15, -0.1) is 0 Å². The van der Waals surface area contributed by atoms with Gasteiger partial charge in [-0.25, -0.2) is 4.98 Å². The van der Waals surface area contributed by atoms with Gasteiger partial charge in [-0.2, -0.15) is 9.78 Å². The number of aromatic nitrogens is 3. The first-order valence-corrected chi connectivity index (χ1v) is 10.7. The Labute approximate surface area is 186 Å². The number of aliphatic carboxylic acids is 1. The number of carboxylic acids is 1. The van der Waals surface area contributed by atoms with Gasteiger partial charge in [0.1, 0.15) is 12.4 Å². The Kier molecular flexibility index (Phi) is 5.73. The van der Waals surface area contributed by atoms with Crippen LogP contribution in [0.2, 0.25) is 0 Å². The smallest absolute Gasteiger partial charge is 0.323 e. The van der Waals surface area contributed by atoms with Crippen molar-refractivity contribution in [2.75, 3.05) is 0 Å². The second-order valence-electron chi connectivity index (χ2n) is 7.43. The summed E-state index contributed by atoms with van der Waals surface area (Å²) in [5.74, 6) is -0.303. The summed E-state index contributed by atoms with van der Waals surface area (Å²) < 4.78 is 3.81. The highest BCUT2D eigenvalue weighted by Gasteiger charge is 2.16. The molecule has 8 heteroatoms. The quantitative estimate of drug-likeness (QED) is 0.408. The van der Waals surface area contributed by atoms with Crippen molar-refractivity contribution in [2.24, 2.45) is 5.10 Å². The largest absolute Gasteiger partial charge is 0.480 e. The number of carboxylic acid groups (broad SMARTS) is 1. The topological polar surface area (TPSA) is 89.5 Å². The number of para-hydroxylation sites is 1. The Morgan fingerprint density at radius 3 is 2.77 bits per heavy atom. The molecule has 0 saturated heterocycles. The summed E-state index contributed by atoms with van der Waals surface area (Å²) in [6, 6.07) is 12.9. The normalized spacial score (nSPS) is 12.7. The Hall–Kier alpha value is -3.26. The molecule has 0 fully saturated rings. The molecule has 1 atom stereocenters. The van der Waals surface area contributed by atoms with E-state index in [9.17, 15) is 14.7 Å². The lowest BCUT2D eigenvalue weighted by molar-refractivity contribution is -0.137. The molecule has 0 radical (unpaired) electrons. The van der Waals surface area contributed by atoms with Gasteiger partial charge in [0.25, 0.3) is 5.56 Å². The maximum atomic E-state index is 13.3. The van der Waals surface area contributed by atoms with Crippen LogP contribution < -0.4 is 5.56 Å². The number of hydrogen-bond acceptors (Lipinski definition) is 4. The van der Waals surface area contributed by atoms with Gasteiger partial charge < -0.3 is 9.67 Å². The van der Waals surface area contributed by atoms with Gasteiger partial charge in [0, 0.05) is 33.1 Å². The average molecular weight is 481 g/mol. The maximum absolute atomic E-state index is 13.3. The van der Waals surface area contributed by atoms with E-state index in [4.69, 9.17) is 4.98 Å². The van der Waals surface area contributed by atoms with Crippen LogP contribution in [-0.4, -0.2) is 31.5 Å². The van der Waals surface area contributed by atoms with Crippen molar-refractivity contribution in [1.29, 1.82) is 0 Å². The van der Waals surface area contributed by atoms with Gasteiger partial charge in [0.2, 0.25) is 0 Å². The van der Waals surface area contributed by atoms with Crippen LogP contribution >= 0.6 is 15.9 Å². The lowest BCUT2D eigenvalue weighted by atomic mass is 10.1. The molecule has 2 aromatic carbocycles. The van der Waals surface area contributed by atoms with Crippen LogP contribution in [0.5, 0.6) is 0 Å². The number of benzene rings is 2. The zero-order valence-electron chi connectivity index (χ0n) is 17.1. The second kappa shape index (κ2) is 8.47. The first-order valence-electron chi connectivity index (χ1n) is 9.95. The van der Waals surface area contributed by atoms with E-state index in [2.05, 4.69) is 21.0 Å². The minimum absolute atomic E-state index is 0.0336. The highest BCUT2D eigenvalue weighted by Crippen LogP contribution is 2.22. The molecule has 0 amide bonds. The van der Waals surface area contributed by atoms with Gasteiger partial charge in [-0.3, -0.25) is 9.59 Å². The molecule has 4 aromatic rings. The minimum atomic E-state index is -0.927. The molecule has 0 aliphatic heterocycles. The molecule has 7 nitrogen and oxygen atoms in total. The zero-order chi connectivity index (χ0) is 22.1. The number of halogens is 1. The molecule has 0 bridgehead atoms. The fraction of sp³-hybridized carbons (Fsp3) is 0.217. The third kappa shape index (κ3) is 4.03. The van der Waals surface area contributed by atoms with E-state index in [-0.39, 0.29) is 18.0 Å². The van der Waals surface area contributed by atoms with Crippen LogP contribution in [-0.2, 0) is 11.3 Å². The van der Waals surface area contributed by atoms with E-state index in [1.54, 1.807) is 23.0 Å². The molecule has 158 valence electrons. The monoisotopic (exact) mass is 480 g/mol. The molecule has 1 N–H and O–H groups in total. The Morgan fingerprint density at radius 2 is 2.03 bits per heavy atom. The number of rotatable bonds is 6. The van der Waals surface area contributed by atoms with Crippen LogP contribution in [0.3, 0.4) is 0 Å². The van der Waals surface area contributed by atoms with Gasteiger partial charge in [-0.05, 0) is 30.7 Å². The molecule has 31 heavy (non-hydrogen) atoms. The Morgan fingerprint density at radius 1 is 1.26 bits per heavy atom. The summed E-state index contributed by atoms with van der Waals surface area (Å²) in [5, 5.41) is 15.1. The number of carbonyl (C=O) groups is 1. The Bertz CT molecular complexity index is 1390. The van der Waals surface area contributed by atoms with E-state index >= 15 is 0 Å². The first kappa shape index (κ1) is 21.0. The fourth-order valence-electron chi connectivity index (χ4n) is 3.55. The van der Waals surface area contributed by atoms with Crippen LogP contribution in [0, 0.1) is 0 Å². The maximum Gasteiger partial charge on any atom is 0.323 e. The average Bonchev–Trinajstić information content (AvgIpc) is 3.09. The van der Waals surface area contributed by atoms with E-state index < -0.39 is 5.97 Å². The zero-order valence-corrected chi connectivity index (χ0v) is 18.7. The second-order valence-corrected chi connectivity index (χ2v) is 8.34. The summed E-state index contributed by atoms with van der Waals surface area (Å²) in [7, 11) is 0. The predicted octanol–water partition coefficient (Wildman–Crippen LogP) is 4.59. The highest BCUT2D eigenvalue weighted by molar-refractivity contribution is 9.10. The third-order valence-corrected chi connectivity index (χ3v) is 5.82. The SMILES string of the molecule is CC[C@@H](C)c1nc2ccc(Br)cc2c(=O)n1N=Cc1cn(CC(=O)O)c2ccccc12. The Balaban J connectivity index is 1.89. The number of hydrogen-bond donors (Lipinski definition) is 1. The molecule has 0 spiro atoms. The molecular weight excluding hydrogens is 460 g/mol. The van der Waals surface area contributed by atoms with Crippen molar-refractivity contribution in [2.45, 2.75) is 32.7 Å². The van der Waals surface area contributed by atoms with Gasteiger partial charge in [-0.1, -0.05) is 48.0 Å². The molecule has 0 aliphatic rings. The molecule has 2 heterocycles. The summed E-state index contributed by atoms with van der Waals surface area (Å²) in [6.07, 6.45) is 4.14. The van der Waals surface area contributed by atoms with Gasteiger partial charge in [0.15, 0.2) is 0 Å². The van der Waals surface area contributed by atoms with Crippen molar-refractivity contribution in [3.8, 4) is 0 Å². The van der Waals surface area contributed by atoms with E-state index in [0.29, 0.717) is 16.7 Å². The van der Waals surface area contributed by atoms with Crippen molar-refractivity contribution in [1.82, 2.24) is 14.2 Å². The molecule has 0 unspecified atom stereocenters. The van der Waals surface area contributed by atoms with E-state index in [0.717, 1.165) is 27.4 Å². The number of nitrogens with zero attached hydrogens (tertiary/aromatic N) is 4. The van der Waals surface area contributed by atoms with E-state index in [1.165, 1.54) is 4.68 Å². The highest BCUT2D eigenvalue weighted by atomic mass is 79.9. The lowest BCUT2D eigenvalue weighted by Crippen LogP contribution is -2.23.